The molecule has 3 rings (SSSR count). The van der Waals surface area contributed by atoms with Crippen molar-refractivity contribution < 1.29 is 19.5 Å². The molecular weight excluding hydrogens is 358 g/mol. The molecule has 7 heteroatoms. The molecule has 0 saturated carbocycles. The molecule has 3 N–H and O–H groups in total. The van der Waals surface area contributed by atoms with Crippen molar-refractivity contribution in [2.75, 3.05) is 18.6 Å². The third-order valence-electron chi connectivity index (χ3n) is 5.48. The Morgan fingerprint density at radius 1 is 1.25 bits per heavy atom. The number of aromatic nitrogens is 1. The lowest BCUT2D eigenvalue weighted by Gasteiger charge is -2.32. The summed E-state index contributed by atoms with van der Waals surface area (Å²) >= 11 is 0. The van der Waals surface area contributed by atoms with Gasteiger partial charge in [-0.05, 0) is 37.0 Å². The number of anilines is 1. The van der Waals surface area contributed by atoms with E-state index in [9.17, 15) is 19.5 Å². The van der Waals surface area contributed by atoms with Crippen LogP contribution in [0.5, 0.6) is 0 Å². The lowest BCUT2D eigenvalue weighted by molar-refractivity contribution is -0.124. The summed E-state index contributed by atoms with van der Waals surface area (Å²) in [6, 6.07) is 2.59. The Morgan fingerprint density at radius 2 is 1.93 bits per heavy atom. The Balaban J connectivity index is 2.41. The van der Waals surface area contributed by atoms with Crippen molar-refractivity contribution in [2.24, 2.45) is 5.92 Å². The van der Waals surface area contributed by atoms with Gasteiger partial charge in [0.15, 0.2) is 11.6 Å². The molecule has 2 heterocycles. The van der Waals surface area contributed by atoms with Crippen LogP contribution in [0.1, 0.15) is 54.1 Å². The number of carbonyl (C=O) groups is 3. The number of benzene rings is 1. The number of aromatic amines is 1. The van der Waals surface area contributed by atoms with Gasteiger partial charge < -0.3 is 20.3 Å². The fraction of sp³-hybridized carbons (Fsp3) is 0.476. The fourth-order valence-corrected chi connectivity index (χ4v) is 4.21. The maximum absolute atomic E-state index is 12.9. The smallest absolute Gasteiger partial charge is 0.243 e. The number of likely N-dealkylation sites (N-methyl/N-ethyl adjacent to an activating group) is 1. The van der Waals surface area contributed by atoms with E-state index < -0.39 is 12.1 Å². The van der Waals surface area contributed by atoms with Gasteiger partial charge in [-0.2, -0.15) is 0 Å². The Bertz CT molecular complexity index is 960. The van der Waals surface area contributed by atoms with Crippen molar-refractivity contribution in [1.82, 2.24) is 10.3 Å². The monoisotopic (exact) mass is 385 g/mol. The number of H-pyrrole nitrogens is 1. The largest absolute Gasteiger partial charge is 0.394 e. The number of hydrogen-bond donors (Lipinski definition) is 3. The lowest BCUT2D eigenvalue weighted by Crippen LogP contribution is -2.52. The third kappa shape index (κ3) is 3.20. The molecule has 0 aliphatic carbocycles. The van der Waals surface area contributed by atoms with Crippen LogP contribution in [-0.2, 0) is 11.2 Å². The minimum atomic E-state index is -0.522. The molecule has 1 amide bonds. The number of carbonyl (C=O) groups excluding carboxylic acids is 3. The van der Waals surface area contributed by atoms with Gasteiger partial charge in [-0.1, -0.05) is 13.8 Å². The predicted octanol–water partition coefficient (Wildman–Crippen LogP) is 2.07. The molecule has 2 aromatic rings. The van der Waals surface area contributed by atoms with Gasteiger partial charge >= 0.3 is 0 Å². The molecule has 1 aromatic heterocycles. The average molecular weight is 385 g/mol. The van der Waals surface area contributed by atoms with Crippen molar-refractivity contribution in [3.63, 3.8) is 0 Å². The summed E-state index contributed by atoms with van der Waals surface area (Å²) in [5.74, 6) is -0.416. The van der Waals surface area contributed by atoms with Gasteiger partial charge in [-0.15, -0.1) is 0 Å². The first kappa shape index (κ1) is 20.1. The first-order valence-corrected chi connectivity index (χ1v) is 9.50. The Kier molecular flexibility index (Phi) is 5.30. The SMILES string of the molecule is CC(=O)c1[nH]c2c(C(C)=O)ccc3c2c1C[C@@H](CO)NC(=O)[C@H](C(C)C)N3C. The number of amides is 1. The molecule has 1 aliphatic heterocycles. The predicted molar refractivity (Wildman–Crippen MR) is 108 cm³/mol. The maximum atomic E-state index is 12.9. The summed E-state index contributed by atoms with van der Waals surface area (Å²) in [4.78, 5) is 42.5. The number of rotatable bonds is 4. The Morgan fingerprint density at radius 3 is 2.46 bits per heavy atom. The summed E-state index contributed by atoms with van der Waals surface area (Å²) in [6.07, 6.45) is 0.296. The molecule has 1 aromatic carbocycles. The molecule has 0 bridgehead atoms. The number of nitrogens with zero attached hydrogens (tertiary/aromatic N) is 1. The molecule has 0 spiro atoms. The summed E-state index contributed by atoms with van der Waals surface area (Å²) in [5, 5.41) is 13.5. The van der Waals surface area contributed by atoms with E-state index in [1.807, 2.05) is 31.9 Å². The van der Waals surface area contributed by atoms with E-state index in [2.05, 4.69) is 10.3 Å². The molecule has 2 atom stereocenters. The molecule has 28 heavy (non-hydrogen) atoms. The molecule has 150 valence electrons. The zero-order valence-corrected chi connectivity index (χ0v) is 16.9. The normalized spacial score (nSPS) is 20.0. The zero-order chi connectivity index (χ0) is 20.7. The van der Waals surface area contributed by atoms with E-state index in [1.54, 1.807) is 6.07 Å². The molecule has 0 saturated heterocycles. The average Bonchev–Trinajstić information content (AvgIpc) is 3.00. The van der Waals surface area contributed by atoms with E-state index in [-0.39, 0.29) is 30.0 Å². The molecule has 0 unspecified atom stereocenters. The quantitative estimate of drug-likeness (QED) is 0.699. The minimum Gasteiger partial charge on any atom is -0.394 e. The first-order valence-electron chi connectivity index (χ1n) is 9.50. The summed E-state index contributed by atoms with van der Waals surface area (Å²) < 4.78 is 0. The van der Waals surface area contributed by atoms with Crippen molar-refractivity contribution in [2.45, 2.75) is 46.2 Å². The summed E-state index contributed by atoms with van der Waals surface area (Å²) in [5.41, 5.74) is 3.02. The van der Waals surface area contributed by atoms with Gasteiger partial charge in [0, 0.05) is 30.6 Å². The van der Waals surface area contributed by atoms with E-state index in [0.29, 0.717) is 23.2 Å². The van der Waals surface area contributed by atoms with Crippen molar-refractivity contribution in [3.8, 4) is 0 Å². The molecule has 7 nitrogen and oxygen atoms in total. The van der Waals surface area contributed by atoms with Gasteiger partial charge in [0.25, 0.3) is 0 Å². The van der Waals surface area contributed by atoms with Crippen LogP contribution < -0.4 is 10.2 Å². The minimum absolute atomic E-state index is 0.0136. The fourth-order valence-electron chi connectivity index (χ4n) is 4.21. The van der Waals surface area contributed by atoms with Gasteiger partial charge in [0.05, 0.1) is 23.9 Å². The zero-order valence-electron chi connectivity index (χ0n) is 16.9. The maximum Gasteiger partial charge on any atom is 0.243 e. The van der Waals surface area contributed by atoms with Crippen LogP contribution in [0.4, 0.5) is 5.69 Å². The van der Waals surface area contributed by atoms with Crippen molar-refractivity contribution in [3.05, 3.63) is 29.0 Å². The second kappa shape index (κ2) is 7.39. The van der Waals surface area contributed by atoms with Crippen LogP contribution in [0.2, 0.25) is 0 Å². The van der Waals surface area contributed by atoms with Crippen LogP contribution >= 0.6 is 0 Å². The van der Waals surface area contributed by atoms with Crippen molar-refractivity contribution in [1.29, 1.82) is 0 Å². The number of Topliss-reactive ketones (excluding diaryl/α,β-unsaturated/α-hetero) is 2. The molecule has 0 radical (unpaired) electrons. The van der Waals surface area contributed by atoms with Gasteiger partial charge in [0.1, 0.15) is 6.04 Å². The standard InChI is InChI=1S/C21H27N3O4/c1-10(2)20-21(28)22-13(9-25)8-15-17-16(24(20)5)7-6-14(11(3)26)19(17)23-18(15)12(4)27/h6-7,10,13,20,23,25H,8-9H2,1-5H3,(H,22,28)/t13-,20-/m0/s1. The highest BCUT2D eigenvalue weighted by molar-refractivity contribution is 6.14. The summed E-state index contributed by atoms with van der Waals surface area (Å²) in [7, 11) is 1.84. The van der Waals surface area contributed by atoms with Gasteiger partial charge in [0.2, 0.25) is 5.91 Å². The molecule has 0 fully saturated rings. The van der Waals surface area contributed by atoms with Crippen LogP contribution in [0.3, 0.4) is 0 Å². The highest BCUT2D eigenvalue weighted by atomic mass is 16.3. The second-order valence-corrected chi connectivity index (χ2v) is 7.87. The van der Waals surface area contributed by atoms with Gasteiger partial charge in [-0.3, -0.25) is 14.4 Å². The Hall–Kier alpha value is -2.67. The number of ketones is 2. The number of aliphatic hydroxyl groups is 1. The number of hydrogen-bond acceptors (Lipinski definition) is 5. The van der Waals surface area contributed by atoms with E-state index in [4.69, 9.17) is 0 Å². The second-order valence-electron chi connectivity index (χ2n) is 7.87. The van der Waals surface area contributed by atoms with E-state index in [0.717, 1.165) is 16.6 Å². The van der Waals surface area contributed by atoms with Crippen LogP contribution in [0.15, 0.2) is 12.1 Å². The number of aliphatic hydroxyl groups excluding tert-OH is 1. The van der Waals surface area contributed by atoms with E-state index in [1.165, 1.54) is 13.8 Å². The highest BCUT2D eigenvalue weighted by Crippen LogP contribution is 2.37. The van der Waals surface area contributed by atoms with Crippen LogP contribution in [-0.4, -0.2) is 53.3 Å². The molecule has 1 aliphatic rings. The molecular formula is C21H27N3O4. The topological polar surface area (TPSA) is 102 Å². The van der Waals surface area contributed by atoms with Gasteiger partial charge in [-0.25, -0.2) is 0 Å². The Labute approximate surface area is 164 Å². The van der Waals surface area contributed by atoms with Crippen LogP contribution in [0.25, 0.3) is 10.9 Å². The lowest BCUT2D eigenvalue weighted by atomic mass is 9.97. The number of nitrogens with one attached hydrogen (secondary N) is 2. The van der Waals surface area contributed by atoms with Crippen LogP contribution in [0, 0.1) is 5.92 Å². The summed E-state index contributed by atoms with van der Waals surface area (Å²) in [6.45, 7) is 6.64. The highest BCUT2D eigenvalue weighted by Gasteiger charge is 2.33. The first-order chi connectivity index (χ1) is 13.2. The van der Waals surface area contributed by atoms with Crippen molar-refractivity contribution >= 4 is 34.1 Å². The third-order valence-corrected chi connectivity index (χ3v) is 5.48. The van der Waals surface area contributed by atoms with E-state index >= 15 is 0 Å².